The van der Waals surface area contributed by atoms with Crippen LogP contribution in [-0.4, -0.2) is 55.5 Å². The van der Waals surface area contributed by atoms with E-state index in [2.05, 4.69) is 29.6 Å². The number of rotatable bonds is 2. The molecule has 188 valence electrons. The van der Waals surface area contributed by atoms with Crippen molar-refractivity contribution in [2.45, 2.75) is 70.6 Å². The molecule has 4 bridgehead atoms. The fourth-order valence-electron chi connectivity index (χ4n) is 5.34. The number of ether oxygens (including phenoxy) is 2. The van der Waals surface area contributed by atoms with Crippen LogP contribution in [0.1, 0.15) is 57.6 Å². The van der Waals surface area contributed by atoms with Gasteiger partial charge in [0.15, 0.2) is 0 Å². The van der Waals surface area contributed by atoms with Crippen molar-refractivity contribution >= 4 is 29.1 Å². The molecule has 2 aromatic carbocycles. The van der Waals surface area contributed by atoms with Gasteiger partial charge < -0.3 is 24.5 Å². The van der Waals surface area contributed by atoms with Gasteiger partial charge in [-0.2, -0.15) is 0 Å². The van der Waals surface area contributed by atoms with E-state index in [9.17, 15) is 14.4 Å². The topological polar surface area (TPSA) is 84.9 Å². The molecule has 2 amide bonds. The molecule has 7 nitrogen and oxygen atoms in total. The first kappa shape index (κ1) is 25.2. The van der Waals surface area contributed by atoms with Crippen LogP contribution < -0.4 is 5.32 Å². The highest BCUT2D eigenvalue weighted by molar-refractivity contribution is 5.90. The first-order chi connectivity index (χ1) is 16.7. The Balaban J connectivity index is 1.82. The molecule has 2 heterocycles. The lowest BCUT2D eigenvalue weighted by atomic mass is 9.85. The molecule has 0 radical (unpaired) electrons. The Labute approximate surface area is 207 Å². The first-order valence-electron chi connectivity index (χ1n) is 12.4. The molecule has 0 spiro atoms. The minimum absolute atomic E-state index is 0.229. The lowest BCUT2D eigenvalue weighted by Crippen LogP contribution is -2.56. The van der Waals surface area contributed by atoms with Gasteiger partial charge in [-0.25, -0.2) is 4.79 Å². The number of nitrogens with zero attached hydrogens (tertiary/aromatic N) is 1. The summed E-state index contributed by atoms with van der Waals surface area (Å²) in [6, 6.07) is 11.1. The summed E-state index contributed by atoms with van der Waals surface area (Å²) in [6.07, 6.45) is 4.08. The zero-order valence-electron chi connectivity index (χ0n) is 21.1. The van der Waals surface area contributed by atoms with Gasteiger partial charge in [-0.05, 0) is 59.1 Å². The molecule has 3 atom stereocenters. The van der Waals surface area contributed by atoms with Gasteiger partial charge in [-0.15, -0.1) is 0 Å². The highest BCUT2D eigenvalue weighted by Crippen LogP contribution is 2.41. The Bertz CT molecular complexity index is 1110. The second kappa shape index (κ2) is 9.97. The van der Waals surface area contributed by atoms with Crippen LogP contribution in [0.3, 0.4) is 0 Å². The van der Waals surface area contributed by atoms with Crippen LogP contribution in [0, 0.1) is 5.41 Å². The largest absolute Gasteiger partial charge is 0.450 e. The second-order valence-electron chi connectivity index (χ2n) is 10.8. The molecule has 7 heteroatoms. The van der Waals surface area contributed by atoms with E-state index in [0.717, 1.165) is 42.9 Å². The maximum atomic E-state index is 13.8. The van der Waals surface area contributed by atoms with Crippen LogP contribution in [0.25, 0.3) is 10.8 Å². The monoisotopic (exact) mass is 480 g/mol. The number of alkyl carbamates (subject to hydrolysis) is 1. The maximum Gasteiger partial charge on any atom is 0.407 e. The highest BCUT2D eigenvalue weighted by atomic mass is 16.5. The molecule has 2 aliphatic heterocycles. The van der Waals surface area contributed by atoms with Crippen LogP contribution in [0.15, 0.2) is 36.4 Å². The van der Waals surface area contributed by atoms with Crippen LogP contribution in [0.4, 0.5) is 4.79 Å². The zero-order chi connectivity index (χ0) is 25.2. The average Bonchev–Trinajstić information content (AvgIpc) is 3.23. The summed E-state index contributed by atoms with van der Waals surface area (Å²) in [7, 11) is 1.64. The van der Waals surface area contributed by atoms with Gasteiger partial charge >= 0.3 is 6.09 Å². The minimum Gasteiger partial charge on any atom is -0.450 e. The van der Waals surface area contributed by atoms with Crippen molar-refractivity contribution in [2.24, 2.45) is 5.41 Å². The Morgan fingerprint density at radius 1 is 1.14 bits per heavy atom. The molecule has 0 aromatic heterocycles. The molecule has 4 rings (SSSR count). The number of carbonyl (C=O) groups excluding carboxylic acids is 3. The number of carbonyl (C=O) groups is 3. The standard InChI is InChI=1S/C28H36N2O5/c1-27(2,3)24-25(32)30-18-28(34-4,16-22(30)17-31)21-14-19(23-12-8-7-11-20(23)15-21)10-6-5-9-13-35-26(33)29-24/h7-8,11-12,14-15,17,22,24H,5-6,9-10,13,16,18H2,1-4H3,(H,29,33)/t22-,24+,28-/m0/s1. The molecule has 2 aromatic rings. The van der Waals surface area contributed by atoms with Crippen LogP contribution in [0.2, 0.25) is 0 Å². The molecule has 0 saturated carbocycles. The van der Waals surface area contributed by atoms with Gasteiger partial charge in [-0.3, -0.25) is 4.79 Å². The van der Waals surface area contributed by atoms with Crippen molar-refractivity contribution in [3.8, 4) is 0 Å². The van der Waals surface area contributed by atoms with Crippen molar-refractivity contribution in [2.75, 3.05) is 20.3 Å². The van der Waals surface area contributed by atoms with E-state index >= 15 is 0 Å². The molecule has 1 saturated heterocycles. The van der Waals surface area contributed by atoms with E-state index in [-0.39, 0.29) is 12.5 Å². The van der Waals surface area contributed by atoms with Crippen molar-refractivity contribution < 1.29 is 23.9 Å². The van der Waals surface area contributed by atoms with Crippen LogP contribution in [-0.2, 0) is 31.1 Å². The van der Waals surface area contributed by atoms with Crippen LogP contribution >= 0.6 is 0 Å². The molecule has 35 heavy (non-hydrogen) atoms. The third-order valence-corrected chi connectivity index (χ3v) is 7.37. The van der Waals surface area contributed by atoms with E-state index < -0.39 is 29.2 Å². The van der Waals surface area contributed by atoms with Gasteiger partial charge in [0.2, 0.25) is 5.91 Å². The third kappa shape index (κ3) is 5.06. The molecular weight excluding hydrogens is 444 g/mol. The average molecular weight is 481 g/mol. The Kier molecular flexibility index (Phi) is 7.17. The zero-order valence-corrected chi connectivity index (χ0v) is 21.1. The number of hydrogen-bond donors (Lipinski definition) is 1. The summed E-state index contributed by atoms with van der Waals surface area (Å²) in [5.74, 6) is -0.307. The van der Waals surface area contributed by atoms with Gasteiger partial charge in [0.1, 0.15) is 17.9 Å². The Morgan fingerprint density at radius 3 is 2.63 bits per heavy atom. The number of aldehydes is 1. The fraction of sp³-hybridized carbons (Fsp3) is 0.536. The predicted molar refractivity (Wildman–Crippen MR) is 134 cm³/mol. The third-order valence-electron chi connectivity index (χ3n) is 7.37. The smallest absolute Gasteiger partial charge is 0.407 e. The SMILES string of the molecule is CO[C@@]12C[C@@H](C=O)N(C1)C(=O)[C@H](C(C)(C)C)NC(=O)OCCCCCc1cc2cc2ccccc12. The van der Waals surface area contributed by atoms with E-state index in [0.29, 0.717) is 13.0 Å². The normalized spacial score (nSPS) is 26.3. The molecule has 1 N–H and O–H groups in total. The van der Waals surface area contributed by atoms with Crippen molar-refractivity contribution in [1.29, 1.82) is 0 Å². The van der Waals surface area contributed by atoms with Gasteiger partial charge in [-0.1, -0.05) is 51.1 Å². The van der Waals surface area contributed by atoms with E-state index in [1.165, 1.54) is 10.9 Å². The number of methoxy groups -OCH3 is 1. The molecule has 0 unspecified atom stereocenters. The summed E-state index contributed by atoms with van der Waals surface area (Å²) < 4.78 is 11.5. The van der Waals surface area contributed by atoms with Crippen LogP contribution in [0.5, 0.6) is 0 Å². The quantitative estimate of drug-likeness (QED) is 0.646. The van der Waals surface area contributed by atoms with Gasteiger partial charge in [0.05, 0.1) is 19.2 Å². The lowest BCUT2D eigenvalue weighted by Gasteiger charge is -2.35. The van der Waals surface area contributed by atoms with Crippen molar-refractivity contribution in [1.82, 2.24) is 10.2 Å². The number of cyclic esters (lactones) is 1. The molecule has 2 aliphatic rings. The lowest BCUT2D eigenvalue weighted by molar-refractivity contribution is -0.139. The number of hydrogen-bond acceptors (Lipinski definition) is 5. The number of aryl methyl sites for hydroxylation is 1. The highest BCUT2D eigenvalue weighted by Gasteiger charge is 2.50. The number of nitrogens with one attached hydrogen (secondary N) is 1. The van der Waals surface area contributed by atoms with Gasteiger partial charge in [0.25, 0.3) is 0 Å². The summed E-state index contributed by atoms with van der Waals surface area (Å²) in [6.45, 7) is 6.19. The molecule has 0 aliphatic carbocycles. The second-order valence-corrected chi connectivity index (χ2v) is 10.8. The van der Waals surface area contributed by atoms with Crippen molar-refractivity contribution in [3.63, 3.8) is 0 Å². The maximum absolute atomic E-state index is 13.8. The summed E-state index contributed by atoms with van der Waals surface area (Å²) >= 11 is 0. The van der Waals surface area contributed by atoms with Crippen molar-refractivity contribution in [3.05, 3.63) is 47.5 Å². The van der Waals surface area contributed by atoms with E-state index in [4.69, 9.17) is 9.47 Å². The summed E-state index contributed by atoms with van der Waals surface area (Å²) in [4.78, 5) is 40.1. The fourth-order valence-corrected chi connectivity index (χ4v) is 5.34. The molecular formula is C28H36N2O5. The summed E-state index contributed by atoms with van der Waals surface area (Å²) in [5, 5.41) is 5.08. The van der Waals surface area contributed by atoms with Gasteiger partial charge in [0, 0.05) is 13.5 Å². The Hall–Kier alpha value is -2.93. The number of benzene rings is 2. The van der Waals surface area contributed by atoms with E-state index in [1.54, 1.807) is 12.0 Å². The summed E-state index contributed by atoms with van der Waals surface area (Å²) in [5.41, 5.74) is 0.798. The Morgan fingerprint density at radius 2 is 1.91 bits per heavy atom. The number of fused-ring (bicyclic) bond motifs is 7. The number of amides is 2. The predicted octanol–water partition coefficient (Wildman–Crippen LogP) is 4.35. The molecule has 1 fully saturated rings. The first-order valence-corrected chi connectivity index (χ1v) is 12.4. The van der Waals surface area contributed by atoms with E-state index in [1.807, 2.05) is 32.9 Å². The minimum atomic E-state index is -0.842.